The van der Waals surface area contributed by atoms with E-state index in [9.17, 15) is 4.79 Å². The monoisotopic (exact) mass is 377 g/mol. The van der Waals surface area contributed by atoms with Crippen LogP contribution in [0.15, 0.2) is 64.4 Å². The topological polar surface area (TPSA) is 59.4 Å². The molecule has 0 amide bonds. The van der Waals surface area contributed by atoms with Gasteiger partial charge in [-0.2, -0.15) is 0 Å². The van der Waals surface area contributed by atoms with Crippen LogP contribution in [0.1, 0.15) is 37.1 Å². The Balaban J connectivity index is 1.89. The first-order valence-corrected chi connectivity index (χ1v) is 9.67. The summed E-state index contributed by atoms with van der Waals surface area (Å²) in [6.45, 7) is 4.69. The summed E-state index contributed by atoms with van der Waals surface area (Å²) < 4.78 is 6.80. The molecule has 3 rings (SSSR count). The first-order valence-electron chi connectivity index (χ1n) is 9.67. The lowest BCUT2D eigenvalue weighted by atomic mass is 10.1. The Kier molecular flexibility index (Phi) is 6.48. The standard InChI is InChI=1S/C23H27N3O2/c1-4-8-21-22(17(2)24-16-15-18-9-6-5-7-10-18)23(27)26(25-21)19-11-13-20(28-3)14-12-19/h5-7,9-14,25H,4,8,15-16H2,1-3H3. The van der Waals surface area contributed by atoms with Crippen LogP contribution in [0.3, 0.4) is 0 Å². The first-order chi connectivity index (χ1) is 13.6. The predicted octanol–water partition coefficient (Wildman–Crippen LogP) is 4.18. The van der Waals surface area contributed by atoms with Crippen molar-refractivity contribution in [3.8, 4) is 11.4 Å². The minimum Gasteiger partial charge on any atom is -0.497 e. The number of aliphatic imine (C=N–C) groups is 1. The molecule has 0 fully saturated rings. The van der Waals surface area contributed by atoms with E-state index in [4.69, 9.17) is 9.73 Å². The van der Waals surface area contributed by atoms with Gasteiger partial charge in [-0.15, -0.1) is 0 Å². The van der Waals surface area contributed by atoms with Crippen molar-refractivity contribution in [2.75, 3.05) is 13.7 Å². The molecule has 0 saturated heterocycles. The van der Waals surface area contributed by atoms with Gasteiger partial charge in [0.05, 0.1) is 18.4 Å². The summed E-state index contributed by atoms with van der Waals surface area (Å²) in [6.07, 6.45) is 2.62. The molecule has 1 aromatic heterocycles. The van der Waals surface area contributed by atoms with Crippen LogP contribution in [0.2, 0.25) is 0 Å². The fourth-order valence-corrected chi connectivity index (χ4v) is 3.28. The van der Waals surface area contributed by atoms with Crippen molar-refractivity contribution in [2.45, 2.75) is 33.1 Å². The van der Waals surface area contributed by atoms with Crippen LogP contribution in [0.5, 0.6) is 5.75 Å². The van der Waals surface area contributed by atoms with E-state index in [1.54, 1.807) is 11.8 Å². The van der Waals surface area contributed by atoms with Gasteiger partial charge in [0, 0.05) is 18.0 Å². The van der Waals surface area contributed by atoms with E-state index in [1.807, 2.05) is 49.4 Å². The van der Waals surface area contributed by atoms with Crippen LogP contribution < -0.4 is 10.3 Å². The van der Waals surface area contributed by atoms with Gasteiger partial charge in [-0.1, -0.05) is 43.7 Å². The normalized spacial score (nSPS) is 11.6. The van der Waals surface area contributed by atoms with Gasteiger partial charge >= 0.3 is 0 Å². The number of nitrogens with one attached hydrogen (secondary N) is 1. The zero-order valence-corrected chi connectivity index (χ0v) is 16.7. The van der Waals surface area contributed by atoms with E-state index >= 15 is 0 Å². The fraction of sp³-hybridized carbons (Fsp3) is 0.304. The predicted molar refractivity (Wildman–Crippen MR) is 114 cm³/mol. The highest BCUT2D eigenvalue weighted by Gasteiger charge is 2.17. The fourth-order valence-electron chi connectivity index (χ4n) is 3.28. The summed E-state index contributed by atoms with van der Waals surface area (Å²) >= 11 is 0. The summed E-state index contributed by atoms with van der Waals surface area (Å²) in [5.41, 5.74) is 4.38. The van der Waals surface area contributed by atoms with Crippen LogP contribution in [-0.2, 0) is 12.8 Å². The molecule has 2 aromatic carbocycles. The van der Waals surface area contributed by atoms with Gasteiger partial charge in [0.15, 0.2) is 0 Å². The minimum absolute atomic E-state index is 0.0606. The number of aromatic nitrogens is 2. The van der Waals surface area contributed by atoms with Gasteiger partial charge in [-0.05, 0) is 49.6 Å². The summed E-state index contributed by atoms with van der Waals surface area (Å²) in [7, 11) is 1.63. The smallest absolute Gasteiger partial charge is 0.280 e. The molecule has 1 heterocycles. The Morgan fingerprint density at radius 3 is 2.43 bits per heavy atom. The number of H-pyrrole nitrogens is 1. The van der Waals surface area contributed by atoms with Gasteiger partial charge in [0.25, 0.3) is 5.56 Å². The number of nitrogens with zero attached hydrogens (tertiary/aromatic N) is 2. The van der Waals surface area contributed by atoms with Crippen molar-refractivity contribution in [3.63, 3.8) is 0 Å². The second-order valence-corrected chi connectivity index (χ2v) is 6.76. The van der Waals surface area contributed by atoms with Crippen molar-refractivity contribution in [1.29, 1.82) is 0 Å². The average Bonchev–Trinajstić information content (AvgIpc) is 3.05. The molecular formula is C23H27N3O2. The van der Waals surface area contributed by atoms with Crippen molar-refractivity contribution in [2.24, 2.45) is 4.99 Å². The van der Waals surface area contributed by atoms with Gasteiger partial charge in [0.1, 0.15) is 5.75 Å². The maximum atomic E-state index is 13.1. The first kappa shape index (κ1) is 19.7. The number of rotatable bonds is 8. The van der Waals surface area contributed by atoms with Crippen LogP contribution in [-0.4, -0.2) is 29.1 Å². The lowest BCUT2D eigenvalue weighted by Gasteiger charge is -2.03. The minimum atomic E-state index is -0.0606. The molecule has 0 atom stereocenters. The third kappa shape index (κ3) is 4.42. The highest BCUT2D eigenvalue weighted by Crippen LogP contribution is 2.15. The van der Waals surface area contributed by atoms with Gasteiger partial charge in [-0.3, -0.25) is 14.9 Å². The lowest BCUT2D eigenvalue weighted by molar-refractivity contribution is 0.414. The lowest BCUT2D eigenvalue weighted by Crippen LogP contribution is -2.20. The molecule has 0 aliphatic rings. The van der Waals surface area contributed by atoms with E-state index in [1.165, 1.54) is 5.56 Å². The average molecular weight is 377 g/mol. The molecule has 5 heteroatoms. The number of ether oxygens (including phenoxy) is 1. The second kappa shape index (κ2) is 9.22. The zero-order valence-electron chi connectivity index (χ0n) is 16.7. The van der Waals surface area contributed by atoms with Crippen LogP contribution in [0, 0.1) is 0 Å². The van der Waals surface area contributed by atoms with Crippen LogP contribution in [0.4, 0.5) is 0 Å². The Morgan fingerprint density at radius 1 is 1.07 bits per heavy atom. The number of methoxy groups -OCH3 is 1. The molecule has 1 N–H and O–H groups in total. The quantitative estimate of drug-likeness (QED) is 0.599. The van der Waals surface area contributed by atoms with Crippen molar-refractivity contribution in [1.82, 2.24) is 9.78 Å². The second-order valence-electron chi connectivity index (χ2n) is 6.76. The zero-order chi connectivity index (χ0) is 19.9. The van der Waals surface area contributed by atoms with Crippen LogP contribution in [0.25, 0.3) is 5.69 Å². The molecule has 0 saturated carbocycles. The highest BCUT2D eigenvalue weighted by atomic mass is 16.5. The Hall–Kier alpha value is -3.08. The Morgan fingerprint density at radius 2 is 1.79 bits per heavy atom. The summed E-state index contributed by atoms with van der Waals surface area (Å²) in [5, 5.41) is 3.28. The SMILES string of the molecule is CCCc1[nH]n(-c2ccc(OC)cc2)c(=O)c1C(C)=NCCc1ccccc1. The molecule has 0 unspecified atom stereocenters. The summed E-state index contributed by atoms with van der Waals surface area (Å²) in [6, 6.07) is 17.7. The molecule has 0 spiro atoms. The molecule has 0 aliphatic carbocycles. The number of aromatic amines is 1. The van der Waals surface area contributed by atoms with Crippen molar-refractivity contribution < 1.29 is 4.74 Å². The van der Waals surface area contributed by atoms with E-state index in [-0.39, 0.29) is 5.56 Å². The summed E-state index contributed by atoms with van der Waals surface area (Å²) in [5.74, 6) is 0.760. The molecular weight excluding hydrogens is 350 g/mol. The maximum absolute atomic E-state index is 13.1. The van der Waals surface area contributed by atoms with Gasteiger partial charge in [0.2, 0.25) is 0 Å². The number of hydrogen-bond acceptors (Lipinski definition) is 3. The third-order valence-electron chi connectivity index (χ3n) is 4.75. The number of aryl methyl sites for hydroxylation is 1. The van der Waals surface area contributed by atoms with Crippen molar-refractivity contribution in [3.05, 3.63) is 81.8 Å². The number of hydrogen-bond donors (Lipinski definition) is 1. The molecule has 28 heavy (non-hydrogen) atoms. The largest absolute Gasteiger partial charge is 0.497 e. The summed E-state index contributed by atoms with van der Waals surface area (Å²) in [4.78, 5) is 17.8. The third-order valence-corrected chi connectivity index (χ3v) is 4.75. The molecule has 5 nitrogen and oxygen atoms in total. The van der Waals surface area contributed by atoms with E-state index < -0.39 is 0 Å². The Bertz CT molecular complexity index is 983. The van der Waals surface area contributed by atoms with Gasteiger partial charge < -0.3 is 4.74 Å². The van der Waals surface area contributed by atoms with E-state index in [2.05, 4.69) is 24.2 Å². The van der Waals surface area contributed by atoms with Gasteiger partial charge in [-0.25, -0.2) is 4.68 Å². The van der Waals surface area contributed by atoms with Crippen LogP contribution >= 0.6 is 0 Å². The Labute approximate surface area is 165 Å². The van der Waals surface area contributed by atoms with Crippen molar-refractivity contribution >= 4 is 5.71 Å². The maximum Gasteiger partial charge on any atom is 0.280 e. The molecule has 0 radical (unpaired) electrons. The molecule has 3 aromatic rings. The number of benzene rings is 2. The molecule has 0 bridgehead atoms. The molecule has 146 valence electrons. The molecule has 0 aliphatic heterocycles. The van der Waals surface area contributed by atoms with E-state index in [0.717, 1.165) is 42.1 Å². The van der Waals surface area contributed by atoms with E-state index in [0.29, 0.717) is 12.1 Å². The highest BCUT2D eigenvalue weighted by molar-refractivity contribution is 5.99.